The number of rotatable bonds is 0. The highest BCUT2D eigenvalue weighted by atomic mass is 79.9. The van der Waals surface area contributed by atoms with Crippen molar-refractivity contribution in [1.29, 1.82) is 0 Å². The van der Waals surface area contributed by atoms with Crippen LogP contribution in [0.25, 0.3) is 5.65 Å². The summed E-state index contributed by atoms with van der Waals surface area (Å²) in [7, 11) is 0. The number of hydrogen-bond acceptors (Lipinski definition) is 2. The fourth-order valence-corrected chi connectivity index (χ4v) is 1.76. The molecule has 0 aliphatic carbocycles. The summed E-state index contributed by atoms with van der Waals surface area (Å²) in [6.07, 6.45) is 3.81. The second kappa shape index (κ2) is 4.55. The standard InChI is InChI=1S/C8H8BrN3.C2H6/c1-5-4-12-6(2)3-10-8(12)7(9)11-5;1-2/h3-4H,1-2H3;1-2H3. The molecule has 0 saturated carbocycles. The first-order valence-corrected chi connectivity index (χ1v) is 5.44. The van der Waals surface area contributed by atoms with E-state index < -0.39 is 0 Å². The van der Waals surface area contributed by atoms with E-state index in [2.05, 4.69) is 25.9 Å². The summed E-state index contributed by atoms with van der Waals surface area (Å²) in [6.45, 7) is 7.98. The highest BCUT2D eigenvalue weighted by molar-refractivity contribution is 9.10. The van der Waals surface area contributed by atoms with Crippen molar-refractivity contribution < 1.29 is 0 Å². The lowest BCUT2D eigenvalue weighted by atomic mass is 10.5. The Hall–Kier alpha value is -0.900. The number of halogens is 1. The van der Waals surface area contributed by atoms with Crippen molar-refractivity contribution >= 4 is 21.6 Å². The van der Waals surface area contributed by atoms with Crippen molar-refractivity contribution in [1.82, 2.24) is 14.4 Å². The third-order valence-electron chi connectivity index (χ3n) is 1.76. The van der Waals surface area contributed by atoms with E-state index in [1.165, 1.54) is 0 Å². The van der Waals surface area contributed by atoms with Crippen molar-refractivity contribution in [2.24, 2.45) is 0 Å². The summed E-state index contributed by atoms with van der Waals surface area (Å²) in [5.41, 5.74) is 2.98. The van der Waals surface area contributed by atoms with Crippen LogP contribution in [0, 0.1) is 13.8 Å². The zero-order valence-electron chi connectivity index (χ0n) is 8.87. The SMILES string of the molecule is CC.Cc1cn2c(C)cnc2c(Br)n1. The van der Waals surface area contributed by atoms with E-state index in [0.717, 1.165) is 21.6 Å². The molecule has 2 aromatic heterocycles. The van der Waals surface area contributed by atoms with Gasteiger partial charge in [-0.05, 0) is 29.8 Å². The summed E-state index contributed by atoms with van der Waals surface area (Å²) in [6, 6.07) is 0. The van der Waals surface area contributed by atoms with Crippen LogP contribution in [0.3, 0.4) is 0 Å². The number of hydrogen-bond donors (Lipinski definition) is 0. The van der Waals surface area contributed by atoms with Crippen LogP contribution >= 0.6 is 15.9 Å². The Bertz CT molecular complexity index is 434. The van der Waals surface area contributed by atoms with Gasteiger partial charge in [-0.25, -0.2) is 9.97 Å². The molecule has 76 valence electrons. The molecule has 0 aromatic carbocycles. The van der Waals surface area contributed by atoms with E-state index in [-0.39, 0.29) is 0 Å². The van der Waals surface area contributed by atoms with Gasteiger partial charge in [0.05, 0.1) is 5.69 Å². The maximum Gasteiger partial charge on any atom is 0.170 e. The van der Waals surface area contributed by atoms with Gasteiger partial charge in [0.25, 0.3) is 0 Å². The van der Waals surface area contributed by atoms with E-state index >= 15 is 0 Å². The van der Waals surface area contributed by atoms with E-state index in [9.17, 15) is 0 Å². The van der Waals surface area contributed by atoms with Crippen LogP contribution in [0.1, 0.15) is 25.2 Å². The number of imidazole rings is 1. The summed E-state index contributed by atoms with van der Waals surface area (Å²) >= 11 is 3.37. The first kappa shape index (κ1) is 11.2. The fourth-order valence-electron chi connectivity index (χ4n) is 1.18. The van der Waals surface area contributed by atoms with E-state index in [0.29, 0.717) is 0 Å². The monoisotopic (exact) mass is 255 g/mol. The predicted octanol–water partition coefficient (Wildman–Crippen LogP) is 3.13. The molecule has 0 amide bonds. The number of fused-ring (bicyclic) bond motifs is 1. The van der Waals surface area contributed by atoms with Crippen molar-refractivity contribution in [2.75, 3.05) is 0 Å². The summed E-state index contributed by atoms with van der Waals surface area (Å²) in [5.74, 6) is 0. The fraction of sp³-hybridized carbons (Fsp3) is 0.400. The van der Waals surface area contributed by atoms with Crippen molar-refractivity contribution in [3.63, 3.8) is 0 Å². The summed E-state index contributed by atoms with van der Waals surface area (Å²) in [4.78, 5) is 8.46. The summed E-state index contributed by atoms with van der Waals surface area (Å²) < 4.78 is 2.82. The lowest BCUT2D eigenvalue weighted by molar-refractivity contribution is 1.02. The normalized spacial score (nSPS) is 9.79. The van der Waals surface area contributed by atoms with Gasteiger partial charge in [-0.2, -0.15) is 0 Å². The largest absolute Gasteiger partial charge is 0.300 e. The van der Waals surface area contributed by atoms with Gasteiger partial charge in [0, 0.05) is 18.1 Å². The molecule has 2 rings (SSSR count). The van der Waals surface area contributed by atoms with E-state index in [1.807, 2.05) is 44.5 Å². The van der Waals surface area contributed by atoms with Gasteiger partial charge in [0.15, 0.2) is 5.65 Å². The van der Waals surface area contributed by atoms with Gasteiger partial charge in [-0.15, -0.1) is 0 Å². The molecule has 3 nitrogen and oxygen atoms in total. The number of aryl methyl sites for hydroxylation is 2. The van der Waals surface area contributed by atoms with Crippen molar-refractivity contribution in [2.45, 2.75) is 27.7 Å². The molecule has 0 N–H and O–H groups in total. The highest BCUT2D eigenvalue weighted by Gasteiger charge is 2.04. The van der Waals surface area contributed by atoms with Gasteiger partial charge in [-0.1, -0.05) is 13.8 Å². The number of aromatic nitrogens is 3. The Morgan fingerprint density at radius 3 is 2.57 bits per heavy atom. The van der Waals surface area contributed by atoms with E-state index in [1.54, 1.807) is 0 Å². The zero-order chi connectivity index (χ0) is 10.7. The van der Waals surface area contributed by atoms with Crippen molar-refractivity contribution in [3.05, 3.63) is 28.4 Å². The average Bonchev–Trinajstić information content (AvgIpc) is 2.52. The molecule has 0 aliphatic rings. The first-order valence-electron chi connectivity index (χ1n) is 4.65. The molecule has 0 saturated heterocycles. The minimum absolute atomic E-state index is 0.801. The zero-order valence-corrected chi connectivity index (χ0v) is 10.5. The summed E-state index contributed by atoms with van der Waals surface area (Å²) in [5, 5.41) is 0. The second-order valence-corrected chi connectivity index (χ2v) is 3.52. The van der Waals surface area contributed by atoms with Crippen LogP contribution < -0.4 is 0 Å². The maximum absolute atomic E-state index is 4.25. The lowest BCUT2D eigenvalue weighted by Crippen LogP contribution is -1.93. The first-order chi connectivity index (χ1) is 6.68. The molecule has 0 unspecified atom stereocenters. The Morgan fingerprint density at radius 2 is 1.93 bits per heavy atom. The molecule has 2 heterocycles. The van der Waals surface area contributed by atoms with Gasteiger partial charge in [0.2, 0.25) is 0 Å². The third-order valence-corrected chi connectivity index (χ3v) is 2.29. The minimum Gasteiger partial charge on any atom is -0.300 e. The molecule has 0 radical (unpaired) electrons. The van der Waals surface area contributed by atoms with Gasteiger partial charge >= 0.3 is 0 Å². The van der Waals surface area contributed by atoms with Gasteiger partial charge in [-0.3, -0.25) is 0 Å². The molecular formula is C10H14BrN3. The molecular weight excluding hydrogens is 242 g/mol. The third kappa shape index (κ3) is 1.95. The van der Waals surface area contributed by atoms with Gasteiger partial charge < -0.3 is 4.40 Å². The molecule has 14 heavy (non-hydrogen) atoms. The Balaban J connectivity index is 0.000000461. The molecule has 0 fully saturated rings. The van der Waals surface area contributed by atoms with E-state index in [4.69, 9.17) is 0 Å². The Kier molecular flexibility index (Phi) is 3.63. The second-order valence-electron chi connectivity index (χ2n) is 2.77. The number of nitrogens with zero attached hydrogens (tertiary/aromatic N) is 3. The Morgan fingerprint density at radius 1 is 1.29 bits per heavy atom. The van der Waals surface area contributed by atoms with Crippen LogP contribution in [0.15, 0.2) is 17.0 Å². The highest BCUT2D eigenvalue weighted by Crippen LogP contribution is 2.15. The molecule has 0 bridgehead atoms. The van der Waals surface area contributed by atoms with Crippen molar-refractivity contribution in [3.8, 4) is 0 Å². The lowest BCUT2D eigenvalue weighted by Gasteiger charge is -1.99. The predicted molar refractivity (Wildman–Crippen MR) is 61.5 cm³/mol. The maximum atomic E-state index is 4.25. The Labute approximate surface area is 92.3 Å². The quantitative estimate of drug-likeness (QED) is 0.724. The van der Waals surface area contributed by atoms with Crippen LogP contribution in [-0.4, -0.2) is 14.4 Å². The molecule has 0 aliphatic heterocycles. The van der Waals surface area contributed by atoms with Gasteiger partial charge in [0.1, 0.15) is 4.60 Å². The molecule has 0 spiro atoms. The van der Waals surface area contributed by atoms with Crippen LogP contribution in [0.2, 0.25) is 0 Å². The average molecular weight is 256 g/mol. The van der Waals surface area contributed by atoms with Crippen LogP contribution in [0.4, 0.5) is 0 Å². The molecule has 0 atom stereocenters. The van der Waals surface area contributed by atoms with Crippen LogP contribution in [-0.2, 0) is 0 Å². The molecule has 4 heteroatoms. The topological polar surface area (TPSA) is 30.2 Å². The smallest absolute Gasteiger partial charge is 0.170 e. The minimum atomic E-state index is 0.801. The molecule has 2 aromatic rings. The van der Waals surface area contributed by atoms with Crippen LogP contribution in [0.5, 0.6) is 0 Å².